The molecule has 3 rings (SSSR count). The van der Waals surface area contributed by atoms with Crippen LogP contribution in [0.1, 0.15) is 6.92 Å². The van der Waals surface area contributed by atoms with Crippen molar-refractivity contribution in [2.75, 3.05) is 6.61 Å². The van der Waals surface area contributed by atoms with Crippen LogP contribution in [0.4, 0.5) is 0 Å². The molecule has 0 aliphatic rings. The lowest BCUT2D eigenvalue weighted by Crippen LogP contribution is -2.04. The number of fused-ring (bicyclic) bond motifs is 1. The molecular weight excluding hydrogens is 284 g/mol. The molecule has 3 aromatic rings. The second-order valence-corrected chi connectivity index (χ2v) is 4.77. The van der Waals surface area contributed by atoms with Crippen molar-refractivity contribution in [2.24, 2.45) is 0 Å². The van der Waals surface area contributed by atoms with E-state index >= 15 is 0 Å². The Bertz CT molecular complexity index is 878. The van der Waals surface area contributed by atoms with Gasteiger partial charge in [0, 0.05) is 6.07 Å². The first-order valence-electron chi connectivity index (χ1n) is 6.81. The molecule has 0 unspecified atom stereocenters. The molecule has 5 nitrogen and oxygen atoms in total. The van der Waals surface area contributed by atoms with Crippen molar-refractivity contribution in [2.45, 2.75) is 6.92 Å². The first-order valence-corrected chi connectivity index (χ1v) is 6.81. The van der Waals surface area contributed by atoms with Crippen molar-refractivity contribution in [3.8, 4) is 28.4 Å². The molecular formula is C17H14O5. The van der Waals surface area contributed by atoms with Gasteiger partial charge in [-0.25, -0.2) is 0 Å². The zero-order valence-electron chi connectivity index (χ0n) is 11.9. The number of ether oxygens (including phenoxy) is 1. The number of aromatic hydroxyl groups is 2. The van der Waals surface area contributed by atoms with Crippen molar-refractivity contribution in [3.63, 3.8) is 0 Å². The van der Waals surface area contributed by atoms with Crippen molar-refractivity contribution in [1.82, 2.24) is 0 Å². The van der Waals surface area contributed by atoms with Crippen LogP contribution < -0.4 is 10.2 Å². The Labute approximate surface area is 126 Å². The summed E-state index contributed by atoms with van der Waals surface area (Å²) in [5.74, 6) is 0.0344. The average molecular weight is 298 g/mol. The Balaban J connectivity index is 2.13. The number of hydrogen-bond donors (Lipinski definition) is 2. The molecule has 0 fully saturated rings. The maximum Gasteiger partial charge on any atom is 0.200 e. The van der Waals surface area contributed by atoms with Gasteiger partial charge >= 0.3 is 0 Å². The monoisotopic (exact) mass is 298 g/mol. The third kappa shape index (κ3) is 2.37. The van der Waals surface area contributed by atoms with Crippen LogP contribution in [-0.2, 0) is 0 Å². The van der Waals surface area contributed by atoms with E-state index in [2.05, 4.69) is 0 Å². The molecule has 0 spiro atoms. The van der Waals surface area contributed by atoms with E-state index in [-0.39, 0.29) is 27.9 Å². The van der Waals surface area contributed by atoms with Crippen LogP contribution in [0.15, 0.2) is 51.9 Å². The number of rotatable bonds is 3. The summed E-state index contributed by atoms with van der Waals surface area (Å²) in [6, 6.07) is 9.50. The third-order valence-corrected chi connectivity index (χ3v) is 3.35. The Hall–Kier alpha value is -2.95. The molecule has 2 N–H and O–H groups in total. The minimum atomic E-state index is -0.358. The summed E-state index contributed by atoms with van der Waals surface area (Å²) in [5.41, 5.74) is 1.00. The highest BCUT2D eigenvalue weighted by molar-refractivity contribution is 5.84. The predicted molar refractivity (Wildman–Crippen MR) is 82.4 cm³/mol. The van der Waals surface area contributed by atoms with Crippen LogP contribution in [-0.4, -0.2) is 16.8 Å². The Morgan fingerprint density at radius 3 is 2.45 bits per heavy atom. The van der Waals surface area contributed by atoms with Gasteiger partial charge in [-0.1, -0.05) is 12.1 Å². The quantitative estimate of drug-likeness (QED) is 0.725. The summed E-state index contributed by atoms with van der Waals surface area (Å²) in [7, 11) is 0. The van der Waals surface area contributed by atoms with Gasteiger partial charge in [0.2, 0.25) is 5.43 Å². The topological polar surface area (TPSA) is 79.9 Å². The van der Waals surface area contributed by atoms with E-state index in [1.54, 1.807) is 24.3 Å². The summed E-state index contributed by atoms with van der Waals surface area (Å²) in [6.45, 7) is 2.47. The molecule has 0 bridgehead atoms. The van der Waals surface area contributed by atoms with E-state index in [0.717, 1.165) is 5.75 Å². The molecule has 0 aliphatic carbocycles. The summed E-state index contributed by atoms with van der Waals surface area (Å²) in [5, 5.41) is 19.2. The zero-order valence-corrected chi connectivity index (χ0v) is 11.9. The summed E-state index contributed by atoms with van der Waals surface area (Å²) in [6.07, 6.45) is 1.34. The zero-order chi connectivity index (χ0) is 15.7. The van der Waals surface area contributed by atoms with Gasteiger partial charge in [0.1, 0.15) is 17.6 Å². The fourth-order valence-corrected chi connectivity index (χ4v) is 2.25. The Morgan fingerprint density at radius 2 is 1.77 bits per heavy atom. The minimum Gasteiger partial charge on any atom is -0.504 e. The first-order chi connectivity index (χ1) is 10.6. The lowest BCUT2D eigenvalue weighted by atomic mass is 10.1. The predicted octanol–water partition coefficient (Wildman–Crippen LogP) is 3.27. The second-order valence-electron chi connectivity index (χ2n) is 4.77. The van der Waals surface area contributed by atoms with Crippen LogP contribution in [0, 0.1) is 0 Å². The molecule has 1 aromatic heterocycles. The van der Waals surface area contributed by atoms with Crippen LogP contribution in [0.3, 0.4) is 0 Å². The molecule has 0 atom stereocenters. The fourth-order valence-electron chi connectivity index (χ4n) is 2.25. The van der Waals surface area contributed by atoms with Gasteiger partial charge in [0.05, 0.1) is 17.6 Å². The van der Waals surface area contributed by atoms with E-state index in [1.165, 1.54) is 18.4 Å². The van der Waals surface area contributed by atoms with Crippen molar-refractivity contribution in [1.29, 1.82) is 0 Å². The van der Waals surface area contributed by atoms with E-state index in [4.69, 9.17) is 9.15 Å². The molecule has 0 amide bonds. The van der Waals surface area contributed by atoms with Gasteiger partial charge in [0.15, 0.2) is 11.5 Å². The van der Waals surface area contributed by atoms with E-state index in [9.17, 15) is 15.0 Å². The van der Waals surface area contributed by atoms with E-state index in [1.807, 2.05) is 6.92 Å². The number of phenols is 2. The maximum absolute atomic E-state index is 12.5. The number of hydrogen-bond acceptors (Lipinski definition) is 5. The van der Waals surface area contributed by atoms with Crippen molar-refractivity contribution < 1.29 is 19.4 Å². The Kier molecular flexibility index (Phi) is 3.47. The highest BCUT2D eigenvalue weighted by Crippen LogP contribution is 2.30. The van der Waals surface area contributed by atoms with Crippen LogP contribution >= 0.6 is 0 Å². The van der Waals surface area contributed by atoms with E-state index in [0.29, 0.717) is 17.7 Å². The molecule has 0 saturated heterocycles. The van der Waals surface area contributed by atoms with Crippen LogP contribution in [0.25, 0.3) is 22.1 Å². The maximum atomic E-state index is 12.5. The van der Waals surface area contributed by atoms with Crippen molar-refractivity contribution >= 4 is 11.0 Å². The second kappa shape index (κ2) is 5.44. The van der Waals surface area contributed by atoms with Gasteiger partial charge in [-0.15, -0.1) is 0 Å². The molecule has 112 valence electrons. The van der Waals surface area contributed by atoms with Gasteiger partial charge in [-0.2, -0.15) is 0 Å². The fraction of sp³-hybridized carbons (Fsp3) is 0.118. The smallest absolute Gasteiger partial charge is 0.200 e. The SMILES string of the molecule is CCOc1ccc(-c2coc3cc(O)c(O)cc3c2=O)cc1. The first kappa shape index (κ1) is 14.0. The standard InChI is InChI=1S/C17H14O5/c1-2-21-11-5-3-10(4-6-11)13-9-22-16-8-15(19)14(18)7-12(16)17(13)20/h3-9,18-19H,2H2,1H3. The summed E-state index contributed by atoms with van der Waals surface area (Å²) >= 11 is 0. The molecule has 22 heavy (non-hydrogen) atoms. The molecule has 5 heteroatoms. The summed E-state index contributed by atoms with van der Waals surface area (Å²) < 4.78 is 10.8. The van der Waals surface area contributed by atoms with Crippen LogP contribution in [0.2, 0.25) is 0 Å². The molecule has 0 aliphatic heterocycles. The lowest BCUT2D eigenvalue weighted by molar-refractivity contribution is 0.340. The average Bonchev–Trinajstić information content (AvgIpc) is 2.51. The lowest BCUT2D eigenvalue weighted by Gasteiger charge is -2.06. The molecule has 0 saturated carbocycles. The normalized spacial score (nSPS) is 10.8. The van der Waals surface area contributed by atoms with Gasteiger partial charge < -0.3 is 19.4 Å². The van der Waals surface area contributed by atoms with Gasteiger partial charge in [0.25, 0.3) is 0 Å². The van der Waals surface area contributed by atoms with Gasteiger partial charge in [-0.3, -0.25) is 4.79 Å². The molecule has 2 aromatic carbocycles. The third-order valence-electron chi connectivity index (χ3n) is 3.35. The largest absolute Gasteiger partial charge is 0.504 e. The van der Waals surface area contributed by atoms with Crippen LogP contribution in [0.5, 0.6) is 17.2 Å². The minimum absolute atomic E-state index is 0.210. The highest BCUT2D eigenvalue weighted by Gasteiger charge is 2.12. The Morgan fingerprint density at radius 1 is 1.09 bits per heavy atom. The highest BCUT2D eigenvalue weighted by atomic mass is 16.5. The van der Waals surface area contributed by atoms with Gasteiger partial charge in [-0.05, 0) is 30.7 Å². The number of phenolic OH excluding ortho intramolecular Hbond substituents is 2. The van der Waals surface area contributed by atoms with Crippen molar-refractivity contribution in [3.05, 3.63) is 52.9 Å². The molecule has 0 radical (unpaired) electrons. The summed E-state index contributed by atoms with van der Waals surface area (Å²) in [4.78, 5) is 12.5. The molecule has 1 heterocycles. The van der Waals surface area contributed by atoms with E-state index < -0.39 is 0 Å². The number of benzene rings is 2.